The van der Waals surface area contributed by atoms with Gasteiger partial charge >= 0.3 is 0 Å². The van der Waals surface area contributed by atoms with Gasteiger partial charge in [-0.15, -0.1) is 0 Å². The third-order valence-corrected chi connectivity index (χ3v) is 4.52. The Morgan fingerprint density at radius 1 is 1.50 bits per heavy atom. The van der Waals surface area contributed by atoms with Gasteiger partial charge in [-0.3, -0.25) is 4.90 Å². The minimum atomic E-state index is -0.446. The fourth-order valence-corrected chi connectivity index (χ4v) is 3.05. The first kappa shape index (κ1) is 14.0. The van der Waals surface area contributed by atoms with Crippen molar-refractivity contribution in [1.29, 1.82) is 0 Å². The SMILES string of the molecule is CCC(O)C(C)c1nc(C2CN3CCCC3CO2)no1. The van der Waals surface area contributed by atoms with Crippen LogP contribution in [0.4, 0.5) is 0 Å². The van der Waals surface area contributed by atoms with Crippen molar-refractivity contribution >= 4 is 0 Å². The molecule has 1 aromatic heterocycles. The van der Waals surface area contributed by atoms with E-state index in [1.165, 1.54) is 12.8 Å². The Balaban J connectivity index is 1.67. The van der Waals surface area contributed by atoms with Crippen LogP contribution in [0.3, 0.4) is 0 Å². The molecule has 112 valence electrons. The number of morpholine rings is 1. The minimum absolute atomic E-state index is 0.104. The van der Waals surface area contributed by atoms with Gasteiger partial charge in [0.05, 0.1) is 18.6 Å². The number of aliphatic hydroxyl groups is 1. The topological polar surface area (TPSA) is 71.6 Å². The van der Waals surface area contributed by atoms with Gasteiger partial charge in [0.1, 0.15) is 6.10 Å². The van der Waals surface area contributed by atoms with Crippen molar-refractivity contribution < 1.29 is 14.4 Å². The maximum atomic E-state index is 9.86. The fourth-order valence-electron chi connectivity index (χ4n) is 3.05. The molecule has 2 aliphatic heterocycles. The zero-order valence-corrected chi connectivity index (χ0v) is 12.2. The standard InChI is InChI=1S/C14H23N3O3/c1-3-11(18)9(2)14-15-13(16-20-14)12-7-17-6-4-5-10(17)8-19-12/h9-12,18H,3-8H2,1-2H3. The predicted molar refractivity (Wildman–Crippen MR) is 72.3 cm³/mol. The van der Waals surface area contributed by atoms with Gasteiger partial charge in [-0.05, 0) is 25.8 Å². The molecular weight excluding hydrogens is 258 g/mol. The number of rotatable bonds is 4. The first-order chi connectivity index (χ1) is 9.69. The van der Waals surface area contributed by atoms with Crippen LogP contribution in [0.2, 0.25) is 0 Å². The molecule has 2 saturated heterocycles. The summed E-state index contributed by atoms with van der Waals surface area (Å²) in [5, 5.41) is 13.9. The number of ether oxygens (including phenoxy) is 1. The Bertz CT molecular complexity index is 451. The Kier molecular flexibility index (Phi) is 4.05. The predicted octanol–water partition coefficient (Wildman–Crippen LogP) is 1.48. The number of nitrogens with zero attached hydrogens (tertiary/aromatic N) is 3. The van der Waals surface area contributed by atoms with E-state index < -0.39 is 6.10 Å². The van der Waals surface area contributed by atoms with E-state index in [0.29, 0.717) is 24.2 Å². The Labute approximate surface area is 119 Å². The highest BCUT2D eigenvalue weighted by molar-refractivity contribution is 5.00. The van der Waals surface area contributed by atoms with Crippen molar-refractivity contribution in [3.05, 3.63) is 11.7 Å². The second-order valence-corrected chi connectivity index (χ2v) is 5.87. The molecule has 0 bridgehead atoms. The van der Waals surface area contributed by atoms with Crippen LogP contribution in [-0.2, 0) is 4.74 Å². The largest absolute Gasteiger partial charge is 0.392 e. The molecule has 4 atom stereocenters. The van der Waals surface area contributed by atoms with Gasteiger partial charge in [0.25, 0.3) is 0 Å². The third-order valence-electron chi connectivity index (χ3n) is 4.52. The number of aliphatic hydroxyl groups excluding tert-OH is 1. The zero-order chi connectivity index (χ0) is 14.1. The highest BCUT2D eigenvalue weighted by Gasteiger charge is 2.35. The van der Waals surface area contributed by atoms with Crippen LogP contribution in [0.15, 0.2) is 4.52 Å². The number of fused-ring (bicyclic) bond motifs is 1. The van der Waals surface area contributed by atoms with Crippen molar-refractivity contribution in [1.82, 2.24) is 15.0 Å². The molecule has 0 aromatic carbocycles. The van der Waals surface area contributed by atoms with E-state index in [9.17, 15) is 5.11 Å². The number of hydrogen-bond donors (Lipinski definition) is 1. The number of aromatic nitrogens is 2. The van der Waals surface area contributed by atoms with Crippen molar-refractivity contribution in [3.63, 3.8) is 0 Å². The van der Waals surface area contributed by atoms with E-state index in [2.05, 4.69) is 15.0 Å². The Morgan fingerprint density at radius 2 is 2.35 bits per heavy atom. The molecule has 3 rings (SSSR count). The summed E-state index contributed by atoms with van der Waals surface area (Å²) in [6, 6.07) is 0.568. The average Bonchev–Trinajstić information content (AvgIpc) is 3.13. The van der Waals surface area contributed by atoms with Gasteiger partial charge < -0.3 is 14.4 Å². The van der Waals surface area contributed by atoms with Crippen LogP contribution in [0.5, 0.6) is 0 Å². The minimum Gasteiger partial charge on any atom is -0.392 e. The van der Waals surface area contributed by atoms with Gasteiger partial charge in [0, 0.05) is 12.6 Å². The Hall–Kier alpha value is -0.980. The molecule has 6 heteroatoms. The summed E-state index contributed by atoms with van der Waals surface area (Å²) >= 11 is 0. The van der Waals surface area contributed by atoms with Gasteiger partial charge in [0.15, 0.2) is 0 Å². The summed E-state index contributed by atoms with van der Waals surface area (Å²) in [7, 11) is 0. The van der Waals surface area contributed by atoms with Gasteiger partial charge in [-0.25, -0.2) is 0 Å². The van der Waals surface area contributed by atoms with Crippen LogP contribution in [-0.4, -0.2) is 52.0 Å². The van der Waals surface area contributed by atoms with Crippen LogP contribution in [0, 0.1) is 0 Å². The summed E-state index contributed by atoms with van der Waals surface area (Å²) in [4.78, 5) is 6.88. The maximum Gasteiger partial charge on any atom is 0.232 e. The maximum absolute atomic E-state index is 9.86. The molecule has 0 spiro atoms. The molecule has 0 saturated carbocycles. The van der Waals surface area contributed by atoms with Crippen LogP contribution in [0.1, 0.15) is 56.8 Å². The molecule has 0 aliphatic carbocycles. The molecule has 0 radical (unpaired) electrons. The van der Waals surface area contributed by atoms with Crippen LogP contribution < -0.4 is 0 Å². The molecule has 0 amide bonds. The average molecular weight is 281 g/mol. The normalized spacial score (nSPS) is 30.1. The van der Waals surface area contributed by atoms with Crippen LogP contribution in [0.25, 0.3) is 0 Å². The lowest BCUT2D eigenvalue weighted by atomic mass is 10.0. The highest BCUT2D eigenvalue weighted by Crippen LogP contribution is 2.29. The van der Waals surface area contributed by atoms with E-state index >= 15 is 0 Å². The molecule has 2 fully saturated rings. The quantitative estimate of drug-likeness (QED) is 0.901. The zero-order valence-electron chi connectivity index (χ0n) is 12.2. The van der Waals surface area contributed by atoms with E-state index in [0.717, 1.165) is 19.7 Å². The van der Waals surface area contributed by atoms with Gasteiger partial charge in [-0.2, -0.15) is 4.98 Å². The molecule has 1 aromatic rings. The van der Waals surface area contributed by atoms with Crippen molar-refractivity contribution in [2.45, 2.75) is 57.3 Å². The molecule has 4 unspecified atom stereocenters. The molecule has 6 nitrogen and oxygen atoms in total. The van der Waals surface area contributed by atoms with Gasteiger partial charge in [-0.1, -0.05) is 19.0 Å². The third kappa shape index (κ3) is 2.60. The lowest BCUT2D eigenvalue weighted by Gasteiger charge is -2.33. The molecule has 3 heterocycles. The van der Waals surface area contributed by atoms with Crippen molar-refractivity contribution in [3.8, 4) is 0 Å². The van der Waals surface area contributed by atoms with Crippen molar-refractivity contribution in [2.24, 2.45) is 0 Å². The smallest absolute Gasteiger partial charge is 0.232 e. The van der Waals surface area contributed by atoms with Gasteiger partial charge in [0.2, 0.25) is 11.7 Å². The lowest BCUT2D eigenvalue weighted by molar-refractivity contribution is -0.0548. The highest BCUT2D eigenvalue weighted by atomic mass is 16.5. The van der Waals surface area contributed by atoms with E-state index in [-0.39, 0.29) is 12.0 Å². The first-order valence-electron chi connectivity index (χ1n) is 7.56. The summed E-state index contributed by atoms with van der Waals surface area (Å²) in [5.41, 5.74) is 0. The fraction of sp³-hybridized carbons (Fsp3) is 0.857. The second kappa shape index (κ2) is 5.79. The van der Waals surface area contributed by atoms with Crippen LogP contribution >= 0.6 is 0 Å². The summed E-state index contributed by atoms with van der Waals surface area (Å²) in [5.74, 6) is 0.978. The monoisotopic (exact) mass is 281 g/mol. The van der Waals surface area contributed by atoms with E-state index in [1.807, 2.05) is 13.8 Å². The van der Waals surface area contributed by atoms with E-state index in [4.69, 9.17) is 9.26 Å². The molecular formula is C14H23N3O3. The molecule has 1 N–H and O–H groups in total. The number of hydrogen-bond acceptors (Lipinski definition) is 6. The van der Waals surface area contributed by atoms with Crippen molar-refractivity contribution in [2.75, 3.05) is 19.7 Å². The molecule has 2 aliphatic rings. The summed E-state index contributed by atoms with van der Waals surface area (Å²) < 4.78 is 11.2. The lowest BCUT2D eigenvalue weighted by Crippen LogP contribution is -2.42. The summed E-state index contributed by atoms with van der Waals surface area (Å²) in [6.07, 6.45) is 2.60. The molecule has 20 heavy (non-hydrogen) atoms. The Morgan fingerprint density at radius 3 is 3.15 bits per heavy atom. The summed E-state index contributed by atoms with van der Waals surface area (Å²) in [6.45, 7) is 6.58. The van der Waals surface area contributed by atoms with E-state index in [1.54, 1.807) is 0 Å². The second-order valence-electron chi connectivity index (χ2n) is 5.87. The first-order valence-corrected chi connectivity index (χ1v) is 7.56.